The van der Waals surface area contributed by atoms with Crippen LogP contribution in [0, 0.1) is 0 Å². The molecule has 0 aliphatic rings. The number of rotatable bonds is 5. The summed E-state index contributed by atoms with van der Waals surface area (Å²) in [5, 5.41) is 7.68. The summed E-state index contributed by atoms with van der Waals surface area (Å²) in [4.78, 5) is 0. The van der Waals surface area contributed by atoms with E-state index < -0.39 is 12.8 Å². The van der Waals surface area contributed by atoms with Crippen molar-refractivity contribution in [1.29, 1.82) is 0 Å². The second-order valence-electron chi connectivity index (χ2n) is 5.32. The third kappa shape index (κ3) is 5.06. The van der Waals surface area contributed by atoms with Crippen LogP contribution in [0.2, 0.25) is 0 Å². The molecule has 0 spiro atoms. The number of halogens is 3. The average Bonchev–Trinajstić information content (AvgIpc) is 2.57. The zero-order chi connectivity index (χ0) is 14.7. The molecule has 1 rings (SSSR count). The van der Waals surface area contributed by atoms with Gasteiger partial charge < -0.3 is 10.5 Å². The number of nitrogen functional groups attached to an aromatic ring is 1. The van der Waals surface area contributed by atoms with E-state index in [1.165, 1.54) is 0 Å². The molecule has 0 radical (unpaired) electrons. The topological polar surface area (TPSA) is 66.0 Å². The summed E-state index contributed by atoms with van der Waals surface area (Å²) in [5.41, 5.74) is 6.30. The fourth-order valence-electron chi connectivity index (χ4n) is 1.76. The molecular weight excluding hydrogens is 261 g/mol. The van der Waals surface area contributed by atoms with E-state index in [4.69, 9.17) is 5.73 Å². The highest BCUT2D eigenvalue weighted by atomic mass is 19.4. The van der Waals surface area contributed by atoms with Gasteiger partial charge in [-0.15, -0.1) is 5.10 Å². The van der Waals surface area contributed by atoms with E-state index in [-0.39, 0.29) is 12.0 Å². The summed E-state index contributed by atoms with van der Waals surface area (Å²) in [6.45, 7) is 5.13. The minimum atomic E-state index is -4.28. The molecule has 0 saturated carbocycles. The van der Waals surface area contributed by atoms with Crippen molar-refractivity contribution in [3.8, 4) is 0 Å². The molecule has 0 aromatic carbocycles. The van der Waals surface area contributed by atoms with E-state index in [0.29, 0.717) is 18.8 Å². The molecule has 0 unspecified atom stereocenters. The fraction of sp³-hybridized carbons (Fsp3) is 0.818. The largest absolute Gasteiger partial charge is 0.411 e. The van der Waals surface area contributed by atoms with E-state index in [2.05, 4.69) is 15.0 Å². The molecule has 0 bridgehead atoms. The first-order valence-electron chi connectivity index (χ1n) is 5.95. The van der Waals surface area contributed by atoms with Crippen LogP contribution in [0.4, 0.5) is 19.0 Å². The maximum Gasteiger partial charge on any atom is 0.411 e. The van der Waals surface area contributed by atoms with Crippen molar-refractivity contribution in [3.63, 3.8) is 0 Å². The Morgan fingerprint density at radius 3 is 2.42 bits per heavy atom. The van der Waals surface area contributed by atoms with Gasteiger partial charge >= 0.3 is 6.18 Å². The van der Waals surface area contributed by atoms with Crippen molar-refractivity contribution in [2.45, 2.75) is 45.3 Å². The first-order valence-corrected chi connectivity index (χ1v) is 5.95. The van der Waals surface area contributed by atoms with Gasteiger partial charge in [-0.3, -0.25) is 0 Å². The SMILES string of the molecule is CC(C)(C)c1c(N)nnn1CCCOCC(F)(F)F. The number of hydrogen-bond donors (Lipinski definition) is 1. The van der Waals surface area contributed by atoms with Gasteiger partial charge in [0.15, 0.2) is 5.82 Å². The summed E-state index contributed by atoms with van der Waals surface area (Å²) < 4.78 is 41.7. The number of nitrogens with two attached hydrogens (primary N) is 1. The van der Waals surface area contributed by atoms with Gasteiger partial charge in [0.25, 0.3) is 0 Å². The van der Waals surface area contributed by atoms with Gasteiger partial charge in [0, 0.05) is 18.6 Å². The highest BCUT2D eigenvalue weighted by Crippen LogP contribution is 2.26. The molecule has 0 aliphatic carbocycles. The van der Waals surface area contributed by atoms with Gasteiger partial charge in [-0.05, 0) is 6.42 Å². The Morgan fingerprint density at radius 1 is 1.26 bits per heavy atom. The smallest absolute Gasteiger partial charge is 0.381 e. The normalized spacial score (nSPS) is 12.9. The van der Waals surface area contributed by atoms with Crippen molar-refractivity contribution in [1.82, 2.24) is 15.0 Å². The third-order valence-electron chi connectivity index (χ3n) is 2.40. The third-order valence-corrected chi connectivity index (χ3v) is 2.40. The summed E-state index contributed by atoms with van der Waals surface area (Å²) >= 11 is 0. The van der Waals surface area contributed by atoms with Crippen LogP contribution < -0.4 is 5.73 Å². The number of nitrogens with zero attached hydrogens (tertiary/aromatic N) is 3. The molecule has 110 valence electrons. The molecule has 0 atom stereocenters. The van der Waals surface area contributed by atoms with E-state index in [1.54, 1.807) is 4.68 Å². The maximum absolute atomic E-state index is 11.9. The second-order valence-corrected chi connectivity index (χ2v) is 5.32. The Balaban J connectivity index is 2.47. The minimum absolute atomic E-state index is 0.0167. The maximum atomic E-state index is 11.9. The summed E-state index contributed by atoms with van der Waals surface area (Å²) in [6.07, 6.45) is -3.86. The lowest BCUT2D eigenvalue weighted by Crippen LogP contribution is -2.21. The first kappa shape index (κ1) is 15.7. The Morgan fingerprint density at radius 2 is 1.89 bits per heavy atom. The van der Waals surface area contributed by atoms with E-state index in [1.807, 2.05) is 20.8 Å². The van der Waals surface area contributed by atoms with Crippen LogP contribution in [-0.4, -0.2) is 34.4 Å². The van der Waals surface area contributed by atoms with Gasteiger partial charge in [-0.1, -0.05) is 26.0 Å². The molecule has 1 aromatic rings. The Hall–Kier alpha value is -1.31. The standard InChI is InChI=1S/C11H19F3N4O/c1-10(2,3)8-9(15)16-17-18(8)5-4-6-19-7-11(12,13)14/h4-7,15H2,1-3H3. The van der Waals surface area contributed by atoms with Crippen LogP contribution in [0.3, 0.4) is 0 Å². The molecule has 19 heavy (non-hydrogen) atoms. The van der Waals surface area contributed by atoms with Gasteiger partial charge in [-0.25, -0.2) is 4.68 Å². The van der Waals surface area contributed by atoms with Crippen LogP contribution in [0.25, 0.3) is 0 Å². The Bertz CT molecular complexity index is 409. The predicted molar refractivity (Wildman–Crippen MR) is 64.6 cm³/mol. The van der Waals surface area contributed by atoms with Gasteiger partial charge in [-0.2, -0.15) is 13.2 Å². The van der Waals surface area contributed by atoms with Crippen molar-refractivity contribution in [3.05, 3.63) is 5.69 Å². The molecule has 0 fully saturated rings. The highest BCUT2D eigenvalue weighted by Gasteiger charge is 2.27. The van der Waals surface area contributed by atoms with Crippen molar-refractivity contribution < 1.29 is 17.9 Å². The number of aromatic nitrogens is 3. The molecule has 5 nitrogen and oxygen atoms in total. The van der Waals surface area contributed by atoms with Crippen LogP contribution in [-0.2, 0) is 16.7 Å². The van der Waals surface area contributed by atoms with E-state index in [9.17, 15) is 13.2 Å². The quantitative estimate of drug-likeness (QED) is 0.839. The average molecular weight is 280 g/mol. The second kappa shape index (κ2) is 5.77. The van der Waals surface area contributed by atoms with Crippen LogP contribution in [0.1, 0.15) is 32.9 Å². The minimum Gasteiger partial charge on any atom is -0.381 e. The van der Waals surface area contributed by atoms with Crippen molar-refractivity contribution in [2.24, 2.45) is 0 Å². The Kier molecular flexibility index (Phi) is 4.78. The summed E-state index contributed by atoms with van der Waals surface area (Å²) in [7, 11) is 0. The number of ether oxygens (including phenoxy) is 1. The fourth-order valence-corrected chi connectivity index (χ4v) is 1.76. The lowest BCUT2D eigenvalue weighted by atomic mass is 9.92. The van der Waals surface area contributed by atoms with Gasteiger partial charge in [0.2, 0.25) is 0 Å². The summed E-state index contributed by atoms with van der Waals surface area (Å²) in [6, 6.07) is 0. The zero-order valence-electron chi connectivity index (χ0n) is 11.3. The number of anilines is 1. The van der Waals surface area contributed by atoms with Crippen molar-refractivity contribution in [2.75, 3.05) is 18.9 Å². The van der Waals surface area contributed by atoms with E-state index in [0.717, 1.165) is 5.69 Å². The lowest BCUT2D eigenvalue weighted by molar-refractivity contribution is -0.174. The number of alkyl halides is 3. The molecule has 1 heterocycles. The van der Waals surface area contributed by atoms with Crippen LogP contribution in [0.5, 0.6) is 0 Å². The molecule has 2 N–H and O–H groups in total. The molecule has 0 amide bonds. The zero-order valence-corrected chi connectivity index (χ0v) is 11.3. The monoisotopic (exact) mass is 280 g/mol. The van der Waals surface area contributed by atoms with Gasteiger partial charge in [0.1, 0.15) is 6.61 Å². The van der Waals surface area contributed by atoms with Gasteiger partial charge in [0.05, 0.1) is 5.69 Å². The molecule has 0 aliphatic heterocycles. The Labute approximate surface area is 109 Å². The van der Waals surface area contributed by atoms with Crippen LogP contribution >= 0.6 is 0 Å². The first-order chi connectivity index (χ1) is 8.61. The molecule has 1 aromatic heterocycles. The predicted octanol–water partition coefficient (Wildman–Crippen LogP) is 2.13. The highest BCUT2D eigenvalue weighted by molar-refractivity contribution is 5.37. The van der Waals surface area contributed by atoms with Crippen LogP contribution in [0.15, 0.2) is 0 Å². The number of aryl methyl sites for hydroxylation is 1. The van der Waals surface area contributed by atoms with E-state index >= 15 is 0 Å². The lowest BCUT2D eigenvalue weighted by Gasteiger charge is -2.20. The molecule has 0 saturated heterocycles. The molecular formula is C11H19F3N4O. The molecule has 8 heteroatoms. The van der Waals surface area contributed by atoms with Crippen molar-refractivity contribution >= 4 is 5.82 Å². The number of hydrogen-bond acceptors (Lipinski definition) is 4. The summed E-state index contributed by atoms with van der Waals surface area (Å²) in [5.74, 6) is 0.351.